The molecule has 3 rings (SSSR count). The van der Waals surface area contributed by atoms with Crippen LogP contribution in [0.3, 0.4) is 0 Å². The van der Waals surface area contributed by atoms with E-state index in [9.17, 15) is 9.90 Å². The Morgan fingerprint density at radius 3 is 2.71 bits per heavy atom. The second-order valence-corrected chi connectivity index (χ2v) is 6.09. The van der Waals surface area contributed by atoms with Crippen LogP contribution in [0.15, 0.2) is 48.5 Å². The quantitative estimate of drug-likeness (QED) is 0.870. The third-order valence-corrected chi connectivity index (χ3v) is 4.58. The van der Waals surface area contributed by atoms with Gasteiger partial charge in [0.2, 0.25) is 0 Å². The van der Waals surface area contributed by atoms with Crippen LogP contribution in [0, 0.1) is 5.41 Å². The third kappa shape index (κ3) is 3.55. The number of benzene rings is 2. The van der Waals surface area contributed by atoms with Gasteiger partial charge in [-0.2, -0.15) is 0 Å². The van der Waals surface area contributed by atoms with Crippen molar-refractivity contribution < 1.29 is 14.6 Å². The molecule has 2 N–H and O–H groups in total. The van der Waals surface area contributed by atoms with Crippen molar-refractivity contribution in [2.45, 2.75) is 12.8 Å². The minimum atomic E-state index is -0.717. The summed E-state index contributed by atoms with van der Waals surface area (Å²) in [5.41, 5.74) is 2.41. The zero-order valence-corrected chi connectivity index (χ0v) is 14.4. The Morgan fingerprint density at radius 1 is 1.25 bits per heavy atom. The standard InChI is InChI=1S/C19H21NO3.ClH/c1-23-17-8-3-2-7-16(17)15-6-4-5-14(11-15)12-19(18(21)22)9-10-20-13-19;/h2-8,11,20H,9-10,12-13H2,1H3,(H,21,22);1H. The van der Waals surface area contributed by atoms with Gasteiger partial charge in [0.25, 0.3) is 0 Å². The molecule has 1 aliphatic rings. The fourth-order valence-electron chi connectivity index (χ4n) is 3.28. The number of nitrogens with one attached hydrogen (secondary N) is 1. The number of halogens is 1. The van der Waals surface area contributed by atoms with Crippen molar-refractivity contribution in [2.75, 3.05) is 20.2 Å². The molecule has 0 saturated carbocycles. The van der Waals surface area contributed by atoms with Crippen LogP contribution in [-0.2, 0) is 11.2 Å². The first-order valence-corrected chi connectivity index (χ1v) is 7.81. The van der Waals surface area contributed by atoms with E-state index in [1.165, 1.54) is 0 Å². The molecule has 0 aliphatic carbocycles. The molecule has 24 heavy (non-hydrogen) atoms. The number of carboxylic acid groups (broad SMARTS) is 1. The molecular formula is C19H22ClNO3. The van der Waals surface area contributed by atoms with Crippen molar-refractivity contribution in [2.24, 2.45) is 5.41 Å². The van der Waals surface area contributed by atoms with E-state index in [0.29, 0.717) is 19.4 Å². The van der Waals surface area contributed by atoms with E-state index >= 15 is 0 Å². The fourth-order valence-corrected chi connectivity index (χ4v) is 3.28. The molecule has 0 bridgehead atoms. The average molecular weight is 348 g/mol. The van der Waals surface area contributed by atoms with Gasteiger partial charge in [-0.1, -0.05) is 42.5 Å². The van der Waals surface area contributed by atoms with Gasteiger partial charge in [-0.25, -0.2) is 0 Å². The monoisotopic (exact) mass is 347 g/mol. The summed E-state index contributed by atoms with van der Waals surface area (Å²) in [5, 5.41) is 12.8. The van der Waals surface area contributed by atoms with Crippen molar-refractivity contribution in [3.8, 4) is 16.9 Å². The number of rotatable bonds is 5. The van der Waals surface area contributed by atoms with Crippen molar-refractivity contribution in [3.05, 3.63) is 54.1 Å². The van der Waals surface area contributed by atoms with E-state index in [1.807, 2.05) is 42.5 Å². The van der Waals surface area contributed by atoms with E-state index in [-0.39, 0.29) is 12.4 Å². The molecule has 0 amide bonds. The summed E-state index contributed by atoms with van der Waals surface area (Å²) in [5.74, 6) is 0.102. The van der Waals surface area contributed by atoms with Crippen molar-refractivity contribution >= 4 is 18.4 Å². The van der Waals surface area contributed by atoms with Crippen LogP contribution in [0.5, 0.6) is 5.75 Å². The lowest BCUT2D eigenvalue weighted by Crippen LogP contribution is -2.35. The summed E-state index contributed by atoms with van der Waals surface area (Å²) in [6.45, 7) is 1.29. The number of aliphatic carboxylic acids is 1. The third-order valence-electron chi connectivity index (χ3n) is 4.58. The first-order valence-electron chi connectivity index (χ1n) is 7.81. The summed E-state index contributed by atoms with van der Waals surface area (Å²) >= 11 is 0. The summed E-state index contributed by atoms with van der Waals surface area (Å²) < 4.78 is 5.43. The van der Waals surface area contributed by atoms with E-state index in [0.717, 1.165) is 29.0 Å². The molecule has 0 aromatic heterocycles. The van der Waals surface area contributed by atoms with E-state index in [1.54, 1.807) is 7.11 Å². The molecule has 128 valence electrons. The first kappa shape index (κ1) is 18.3. The maximum Gasteiger partial charge on any atom is 0.311 e. The van der Waals surface area contributed by atoms with Crippen LogP contribution in [0.2, 0.25) is 0 Å². The van der Waals surface area contributed by atoms with Crippen LogP contribution >= 0.6 is 12.4 Å². The Balaban J connectivity index is 0.00000208. The molecule has 0 spiro atoms. The second-order valence-electron chi connectivity index (χ2n) is 6.09. The maximum absolute atomic E-state index is 11.7. The molecule has 2 aromatic rings. The molecule has 0 radical (unpaired) electrons. The van der Waals surface area contributed by atoms with Crippen molar-refractivity contribution in [3.63, 3.8) is 0 Å². The summed E-state index contributed by atoms with van der Waals surface area (Å²) in [6.07, 6.45) is 1.21. The molecular weight excluding hydrogens is 326 g/mol. The van der Waals surface area contributed by atoms with Gasteiger partial charge in [0.05, 0.1) is 12.5 Å². The van der Waals surface area contributed by atoms with Crippen LogP contribution in [0.4, 0.5) is 0 Å². The summed E-state index contributed by atoms with van der Waals surface area (Å²) in [6, 6.07) is 15.9. The highest BCUT2D eigenvalue weighted by molar-refractivity contribution is 5.85. The van der Waals surface area contributed by atoms with E-state index in [4.69, 9.17) is 4.74 Å². The molecule has 1 heterocycles. The minimum absolute atomic E-state index is 0. The zero-order valence-electron chi connectivity index (χ0n) is 13.6. The predicted octanol–water partition coefficient (Wildman–Crippen LogP) is 3.39. The molecule has 1 aliphatic heterocycles. The molecule has 1 saturated heterocycles. The number of methoxy groups -OCH3 is 1. The van der Waals surface area contributed by atoms with E-state index < -0.39 is 11.4 Å². The maximum atomic E-state index is 11.7. The normalized spacial score (nSPS) is 19.5. The summed E-state index contributed by atoms with van der Waals surface area (Å²) in [7, 11) is 1.66. The van der Waals surface area contributed by atoms with Crippen LogP contribution in [0.1, 0.15) is 12.0 Å². The number of carbonyl (C=O) groups is 1. The van der Waals surface area contributed by atoms with Gasteiger partial charge < -0.3 is 15.2 Å². The smallest absolute Gasteiger partial charge is 0.311 e. The highest BCUT2D eigenvalue weighted by Crippen LogP contribution is 2.34. The Labute approximate surface area is 148 Å². The Kier molecular flexibility index (Phi) is 5.86. The SMILES string of the molecule is COc1ccccc1-c1cccc(CC2(C(=O)O)CCNC2)c1.Cl. The van der Waals surface area contributed by atoms with Gasteiger partial charge in [0, 0.05) is 12.1 Å². The summed E-state index contributed by atoms with van der Waals surface area (Å²) in [4.78, 5) is 11.7. The fraction of sp³-hybridized carbons (Fsp3) is 0.316. The van der Waals surface area contributed by atoms with Crippen LogP contribution in [-0.4, -0.2) is 31.3 Å². The zero-order chi connectivity index (χ0) is 16.3. The highest BCUT2D eigenvalue weighted by Gasteiger charge is 2.41. The van der Waals surface area contributed by atoms with Crippen molar-refractivity contribution in [1.82, 2.24) is 5.32 Å². The number of hydrogen-bond donors (Lipinski definition) is 2. The average Bonchev–Trinajstić information content (AvgIpc) is 3.05. The number of carboxylic acids is 1. The van der Waals surface area contributed by atoms with Gasteiger partial charge in [0.15, 0.2) is 0 Å². The first-order chi connectivity index (χ1) is 11.1. The highest BCUT2D eigenvalue weighted by atomic mass is 35.5. The lowest BCUT2D eigenvalue weighted by molar-refractivity contribution is -0.147. The van der Waals surface area contributed by atoms with E-state index in [2.05, 4.69) is 11.4 Å². The van der Waals surface area contributed by atoms with Gasteiger partial charge in [0.1, 0.15) is 5.75 Å². The lowest BCUT2D eigenvalue weighted by Gasteiger charge is -2.23. The van der Waals surface area contributed by atoms with Gasteiger partial charge in [-0.3, -0.25) is 4.79 Å². The number of hydrogen-bond acceptors (Lipinski definition) is 3. The Hall–Kier alpha value is -2.04. The molecule has 5 heteroatoms. The lowest BCUT2D eigenvalue weighted by atomic mass is 9.80. The predicted molar refractivity (Wildman–Crippen MR) is 96.9 cm³/mol. The van der Waals surface area contributed by atoms with Gasteiger partial charge >= 0.3 is 5.97 Å². The second kappa shape index (κ2) is 7.69. The molecule has 2 aromatic carbocycles. The molecule has 1 atom stereocenters. The minimum Gasteiger partial charge on any atom is -0.496 e. The van der Waals surface area contributed by atoms with Crippen molar-refractivity contribution in [1.29, 1.82) is 0 Å². The number of para-hydroxylation sites is 1. The number of ether oxygens (including phenoxy) is 1. The largest absolute Gasteiger partial charge is 0.496 e. The molecule has 4 nitrogen and oxygen atoms in total. The van der Waals surface area contributed by atoms with Gasteiger partial charge in [-0.15, -0.1) is 12.4 Å². The molecule has 1 fully saturated rings. The van der Waals surface area contributed by atoms with Crippen LogP contribution < -0.4 is 10.1 Å². The van der Waals surface area contributed by atoms with Crippen LogP contribution in [0.25, 0.3) is 11.1 Å². The Morgan fingerprint density at radius 2 is 2.04 bits per heavy atom. The van der Waals surface area contributed by atoms with Gasteiger partial charge in [-0.05, 0) is 36.6 Å². The Bertz CT molecular complexity index is 711. The molecule has 1 unspecified atom stereocenters. The topological polar surface area (TPSA) is 58.6 Å².